The zero-order valence-corrected chi connectivity index (χ0v) is 20.2. The molecule has 184 valence electrons. The van der Waals surface area contributed by atoms with Crippen LogP contribution in [0.2, 0.25) is 0 Å². The lowest BCUT2D eigenvalue weighted by molar-refractivity contribution is -0.127. The number of rotatable bonds is 15. The molecule has 0 spiro atoms. The van der Waals surface area contributed by atoms with Crippen molar-refractivity contribution < 1.29 is 24.6 Å². The van der Waals surface area contributed by atoms with Gasteiger partial charge in [0.25, 0.3) is 5.91 Å². The molecule has 1 aromatic rings. The maximum absolute atomic E-state index is 12.4. The zero-order valence-electron chi connectivity index (χ0n) is 20.2. The molecule has 1 unspecified atom stereocenters. The Morgan fingerprint density at radius 1 is 1.18 bits per heavy atom. The molecule has 0 radical (unpaired) electrons. The summed E-state index contributed by atoms with van der Waals surface area (Å²) in [6.45, 7) is 3.95. The Kier molecular flexibility index (Phi) is 11.6. The van der Waals surface area contributed by atoms with Gasteiger partial charge in [0.2, 0.25) is 0 Å². The number of aliphatic hydroxyl groups is 2. The van der Waals surface area contributed by atoms with Crippen LogP contribution in [-0.4, -0.2) is 33.6 Å². The monoisotopic (exact) mass is 459 g/mol. The molecule has 0 saturated heterocycles. The summed E-state index contributed by atoms with van der Waals surface area (Å²) in [5.74, 6) is 0.266. The number of para-hydroxylation sites is 1. The molecule has 1 aliphatic carbocycles. The molecule has 2 rings (SSSR count). The van der Waals surface area contributed by atoms with E-state index in [1.54, 1.807) is 12.1 Å². The third-order valence-electron chi connectivity index (χ3n) is 6.41. The van der Waals surface area contributed by atoms with E-state index in [1.165, 1.54) is 0 Å². The highest BCUT2D eigenvalue weighted by Crippen LogP contribution is 2.34. The molecule has 6 heteroatoms. The number of Topliss-reactive ketones (excluding diaryl/α,β-unsaturated/α-hetero) is 1. The van der Waals surface area contributed by atoms with Gasteiger partial charge in [0, 0.05) is 24.7 Å². The quantitative estimate of drug-likeness (QED) is 0.197. The van der Waals surface area contributed by atoms with Gasteiger partial charge in [-0.2, -0.15) is 5.48 Å². The van der Waals surface area contributed by atoms with Gasteiger partial charge in [0.1, 0.15) is 5.78 Å². The van der Waals surface area contributed by atoms with E-state index in [1.807, 2.05) is 37.3 Å². The summed E-state index contributed by atoms with van der Waals surface area (Å²) < 4.78 is 0. The van der Waals surface area contributed by atoms with E-state index in [9.17, 15) is 19.8 Å². The fourth-order valence-electron chi connectivity index (χ4n) is 4.39. The van der Waals surface area contributed by atoms with E-state index < -0.39 is 11.7 Å². The molecule has 1 amide bonds. The van der Waals surface area contributed by atoms with Crippen molar-refractivity contribution in [3.05, 3.63) is 42.5 Å². The van der Waals surface area contributed by atoms with Gasteiger partial charge < -0.3 is 15.1 Å². The van der Waals surface area contributed by atoms with Crippen LogP contribution in [0.5, 0.6) is 5.75 Å². The summed E-state index contributed by atoms with van der Waals surface area (Å²) in [7, 11) is 0. The smallest absolute Gasteiger partial charge is 0.252 e. The minimum absolute atomic E-state index is 0.132. The third kappa shape index (κ3) is 10.1. The third-order valence-corrected chi connectivity index (χ3v) is 6.41. The minimum Gasteiger partial charge on any atom is -0.392 e. The van der Waals surface area contributed by atoms with Crippen LogP contribution in [0.1, 0.15) is 84.5 Å². The molecule has 4 atom stereocenters. The standard InChI is InChI=1S/C27H41NO5/c1-3-4-18-27(2,32)19-12-16-23-22(24(29)20-25(23)30)15-10-5-6-11-17-26(31)28-33-21-13-8-7-9-14-21/h7-9,12-14,16,22-23,25,30,32H,3-6,10-11,15,17-20H2,1-2H3,(H,28,31)/b16-12+/t22-,23-,25-,27?/m1/s1. The first kappa shape index (κ1) is 27.1. The number of hydrogen-bond donors (Lipinski definition) is 3. The normalized spacial score (nSPS) is 22.4. The van der Waals surface area contributed by atoms with E-state index in [0.717, 1.165) is 51.4 Å². The molecule has 6 nitrogen and oxygen atoms in total. The van der Waals surface area contributed by atoms with Gasteiger partial charge in [-0.25, -0.2) is 0 Å². The van der Waals surface area contributed by atoms with Crippen molar-refractivity contribution in [1.29, 1.82) is 0 Å². The minimum atomic E-state index is -0.742. The number of nitrogens with one attached hydrogen (secondary N) is 1. The summed E-state index contributed by atoms with van der Waals surface area (Å²) >= 11 is 0. The number of hydrogen-bond acceptors (Lipinski definition) is 5. The van der Waals surface area contributed by atoms with Crippen LogP contribution in [-0.2, 0) is 9.59 Å². The van der Waals surface area contributed by atoms with Crippen molar-refractivity contribution in [2.24, 2.45) is 11.8 Å². The Hall–Kier alpha value is -2.18. The predicted octanol–water partition coefficient (Wildman–Crippen LogP) is 4.89. The second kappa shape index (κ2) is 14.2. The number of amides is 1. The number of benzene rings is 1. The lowest BCUT2D eigenvalue weighted by atomic mass is 9.87. The molecule has 0 aliphatic heterocycles. The highest BCUT2D eigenvalue weighted by molar-refractivity contribution is 5.84. The molecule has 0 bridgehead atoms. The van der Waals surface area contributed by atoms with Gasteiger partial charge in [-0.05, 0) is 44.7 Å². The summed E-state index contributed by atoms with van der Waals surface area (Å²) in [5.41, 5.74) is 1.71. The Morgan fingerprint density at radius 2 is 1.91 bits per heavy atom. The van der Waals surface area contributed by atoms with Crippen molar-refractivity contribution in [1.82, 2.24) is 5.48 Å². The van der Waals surface area contributed by atoms with Crippen LogP contribution >= 0.6 is 0 Å². The lowest BCUT2D eigenvalue weighted by Crippen LogP contribution is -2.26. The summed E-state index contributed by atoms with van der Waals surface area (Å²) in [6.07, 6.45) is 11.4. The van der Waals surface area contributed by atoms with Crippen LogP contribution in [0.4, 0.5) is 0 Å². The highest BCUT2D eigenvalue weighted by Gasteiger charge is 2.39. The zero-order chi connectivity index (χ0) is 24.1. The molecule has 0 heterocycles. The second-order valence-electron chi connectivity index (χ2n) is 9.55. The van der Waals surface area contributed by atoms with Crippen LogP contribution in [0.15, 0.2) is 42.5 Å². The molecule has 1 fully saturated rings. The van der Waals surface area contributed by atoms with Gasteiger partial charge in [-0.1, -0.05) is 69.4 Å². The van der Waals surface area contributed by atoms with Crippen LogP contribution in [0.25, 0.3) is 0 Å². The molecular weight excluding hydrogens is 418 g/mol. The summed E-state index contributed by atoms with van der Waals surface area (Å²) in [6, 6.07) is 9.12. The number of carbonyl (C=O) groups excluding carboxylic acids is 2. The van der Waals surface area contributed by atoms with Gasteiger partial charge in [0.05, 0.1) is 11.7 Å². The van der Waals surface area contributed by atoms with Gasteiger partial charge in [-0.15, -0.1) is 0 Å². The SMILES string of the molecule is CCCCC(C)(O)C/C=C/[C@H]1[C@H](O)CC(=O)[C@@H]1CCCCCCC(=O)NOc1ccccc1. The number of ketones is 1. The van der Waals surface area contributed by atoms with Crippen molar-refractivity contribution in [2.45, 2.75) is 96.2 Å². The predicted molar refractivity (Wildman–Crippen MR) is 129 cm³/mol. The summed E-state index contributed by atoms with van der Waals surface area (Å²) in [4.78, 5) is 29.5. The molecule has 1 aromatic carbocycles. The van der Waals surface area contributed by atoms with E-state index in [-0.39, 0.29) is 29.9 Å². The first-order valence-electron chi connectivity index (χ1n) is 12.4. The van der Waals surface area contributed by atoms with Crippen molar-refractivity contribution >= 4 is 11.7 Å². The Labute approximate surface area is 198 Å². The average molecular weight is 460 g/mol. The molecular formula is C27H41NO5. The Morgan fingerprint density at radius 3 is 2.64 bits per heavy atom. The van der Waals surface area contributed by atoms with Gasteiger partial charge in [0.15, 0.2) is 5.75 Å². The van der Waals surface area contributed by atoms with Crippen molar-refractivity contribution in [2.75, 3.05) is 0 Å². The fraction of sp³-hybridized carbons (Fsp3) is 0.630. The lowest BCUT2D eigenvalue weighted by Gasteiger charge is -2.22. The Balaban J connectivity index is 1.65. The Bertz CT molecular complexity index is 746. The highest BCUT2D eigenvalue weighted by atomic mass is 16.7. The van der Waals surface area contributed by atoms with E-state index in [4.69, 9.17) is 4.84 Å². The number of aliphatic hydroxyl groups excluding tert-OH is 1. The largest absolute Gasteiger partial charge is 0.392 e. The van der Waals surface area contributed by atoms with E-state index >= 15 is 0 Å². The fourth-order valence-corrected chi connectivity index (χ4v) is 4.39. The first-order valence-corrected chi connectivity index (χ1v) is 12.4. The maximum atomic E-state index is 12.4. The van der Waals surface area contributed by atoms with Gasteiger partial charge in [-0.3, -0.25) is 9.59 Å². The summed E-state index contributed by atoms with van der Waals surface area (Å²) in [5, 5.41) is 20.8. The van der Waals surface area contributed by atoms with Gasteiger partial charge >= 0.3 is 0 Å². The molecule has 1 saturated carbocycles. The van der Waals surface area contributed by atoms with Crippen molar-refractivity contribution in [3.8, 4) is 5.75 Å². The number of hydroxylamine groups is 1. The second-order valence-corrected chi connectivity index (χ2v) is 9.55. The maximum Gasteiger partial charge on any atom is 0.252 e. The number of carbonyl (C=O) groups is 2. The van der Waals surface area contributed by atoms with Crippen LogP contribution < -0.4 is 10.3 Å². The van der Waals surface area contributed by atoms with E-state index in [2.05, 4.69) is 12.4 Å². The number of unbranched alkanes of at least 4 members (excludes halogenated alkanes) is 4. The molecule has 0 aromatic heterocycles. The molecule has 33 heavy (non-hydrogen) atoms. The van der Waals surface area contributed by atoms with Crippen LogP contribution in [0.3, 0.4) is 0 Å². The molecule has 1 aliphatic rings. The topological polar surface area (TPSA) is 95.9 Å². The van der Waals surface area contributed by atoms with Crippen LogP contribution in [0, 0.1) is 11.8 Å². The first-order chi connectivity index (χ1) is 15.8. The van der Waals surface area contributed by atoms with E-state index in [0.29, 0.717) is 18.6 Å². The van der Waals surface area contributed by atoms with Crippen molar-refractivity contribution in [3.63, 3.8) is 0 Å². The average Bonchev–Trinajstić information content (AvgIpc) is 3.06. The molecule has 3 N–H and O–H groups in total.